The molecule has 4 rings (SSSR count). The van der Waals surface area contributed by atoms with E-state index in [1.807, 2.05) is 47.4 Å². The molecule has 0 unspecified atom stereocenters. The minimum absolute atomic E-state index is 0.0702. The van der Waals surface area contributed by atoms with Gasteiger partial charge in [0.2, 0.25) is 5.91 Å². The minimum atomic E-state index is -0.129. The lowest BCUT2D eigenvalue weighted by Crippen LogP contribution is -2.47. The summed E-state index contributed by atoms with van der Waals surface area (Å²) in [5.41, 5.74) is 2.45. The van der Waals surface area contributed by atoms with Crippen molar-refractivity contribution in [1.82, 2.24) is 15.1 Å². The zero-order valence-electron chi connectivity index (χ0n) is 17.5. The number of likely N-dealkylation sites (tertiary alicyclic amines) is 2. The van der Waals surface area contributed by atoms with Crippen molar-refractivity contribution in [3.8, 4) is 0 Å². The summed E-state index contributed by atoms with van der Waals surface area (Å²) in [6, 6.07) is 16.8. The number of hydrogen-bond acceptors (Lipinski definition) is 3. The van der Waals surface area contributed by atoms with Crippen LogP contribution >= 0.6 is 0 Å². The fraction of sp³-hybridized carbons (Fsp3) is 0.375. The zero-order valence-corrected chi connectivity index (χ0v) is 17.5. The predicted molar refractivity (Wildman–Crippen MR) is 119 cm³/mol. The number of carbonyl (C=O) groups excluding carboxylic acids is 3. The molecule has 0 aliphatic carbocycles. The zero-order chi connectivity index (χ0) is 21.6. The van der Waals surface area contributed by atoms with Crippen molar-refractivity contribution >= 4 is 23.5 Å². The molecule has 0 radical (unpaired) electrons. The lowest BCUT2D eigenvalue weighted by molar-refractivity contribution is -0.128. The molecule has 2 aromatic rings. The molecule has 162 valence electrons. The van der Waals surface area contributed by atoms with Crippen molar-refractivity contribution in [2.45, 2.75) is 38.3 Å². The highest BCUT2D eigenvalue weighted by Gasteiger charge is 2.24. The molecule has 2 aromatic carbocycles. The summed E-state index contributed by atoms with van der Waals surface area (Å²) < 4.78 is 0. The first-order valence-corrected chi connectivity index (χ1v) is 10.9. The summed E-state index contributed by atoms with van der Waals surface area (Å²) >= 11 is 0. The summed E-state index contributed by atoms with van der Waals surface area (Å²) in [7, 11) is 0. The van der Waals surface area contributed by atoms with Gasteiger partial charge in [0.05, 0.1) is 0 Å². The average molecular weight is 421 g/mol. The molecule has 7 heteroatoms. The topological polar surface area (TPSA) is 81.8 Å². The van der Waals surface area contributed by atoms with E-state index >= 15 is 0 Å². The highest BCUT2D eigenvalue weighted by Crippen LogP contribution is 2.18. The van der Waals surface area contributed by atoms with Gasteiger partial charge in [0.25, 0.3) is 5.91 Å². The molecule has 0 atom stereocenters. The van der Waals surface area contributed by atoms with E-state index in [0.29, 0.717) is 31.6 Å². The SMILES string of the molecule is O=C(NC1CCN(C(=O)Nc2ccc(CN3CCCC3=O)cc2)CC1)c1ccccc1. The van der Waals surface area contributed by atoms with Gasteiger partial charge >= 0.3 is 6.03 Å². The maximum Gasteiger partial charge on any atom is 0.321 e. The van der Waals surface area contributed by atoms with Crippen molar-refractivity contribution in [3.63, 3.8) is 0 Å². The number of hydrogen-bond donors (Lipinski definition) is 2. The van der Waals surface area contributed by atoms with Crippen LogP contribution < -0.4 is 10.6 Å². The number of benzene rings is 2. The second kappa shape index (κ2) is 9.64. The number of amides is 4. The fourth-order valence-electron chi connectivity index (χ4n) is 4.07. The third-order valence-corrected chi connectivity index (χ3v) is 5.90. The van der Waals surface area contributed by atoms with Gasteiger partial charge in [-0.3, -0.25) is 9.59 Å². The molecule has 2 saturated heterocycles. The van der Waals surface area contributed by atoms with E-state index in [4.69, 9.17) is 0 Å². The molecule has 2 aliphatic rings. The van der Waals surface area contributed by atoms with Crippen molar-refractivity contribution in [1.29, 1.82) is 0 Å². The van der Waals surface area contributed by atoms with E-state index in [1.54, 1.807) is 17.0 Å². The quantitative estimate of drug-likeness (QED) is 0.779. The first kappa shape index (κ1) is 20.9. The van der Waals surface area contributed by atoms with Crippen LogP contribution in [0.15, 0.2) is 54.6 Å². The van der Waals surface area contributed by atoms with Crippen LogP contribution in [-0.4, -0.2) is 53.3 Å². The van der Waals surface area contributed by atoms with Gasteiger partial charge in [-0.15, -0.1) is 0 Å². The second-order valence-electron chi connectivity index (χ2n) is 8.15. The number of urea groups is 1. The number of nitrogens with one attached hydrogen (secondary N) is 2. The Kier molecular flexibility index (Phi) is 6.50. The largest absolute Gasteiger partial charge is 0.349 e. The normalized spacial score (nSPS) is 17.0. The Morgan fingerprint density at radius 3 is 2.29 bits per heavy atom. The molecule has 2 N–H and O–H groups in total. The number of piperidine rings is 1. The Hall–Kier alpha value is -3.35. The summed E-state index contributed by atoms with van der Waals surface area (Å²) in [4.78, 5) is 40.3. The van der Waals surface area contributed by atoms with Crippen LogP contribution in [0.2, 0.25) is 0 Å². The van der Waals surface area contributed by atoms with Gasteiger partial charge in [0.15, 0.2) is 0 Å². The Balaban J connectivity index is 1.22. The van der Waals surface area contributed by atoms with Crippen LogP contribution in [0.3, 0.4) is 0 Å². The molecule has 0 spiro atoms. The van der Waals surface area contributed by atoms with Gasteiger partial charge in [-0.05, 0) is 49.1 Å². The molecule has 4 amide bonds. The molecule has 7 nitrogen and oxygen atoms in total. The third kappa shape index (κ3) is 5.42. The molecule has 0 saturated carbocycles. The first-order valence-electron chi connectivity index (χ1n) is 10.9. The molecular weight excluding hydrogens is 392 g/mol. The molecule has 0 aromatic heterocycles. The van der Waals surface area contributed by atoms with Gasteiger partial charge in [0.1, 0.15) is 0 Å². The van der Waals surface area contributed by atoms with Gasteiger partial charge < -0.3 is 20.4 Å². The average Bonchev–Trinajstić information content (AvgIpc) is 3.20. The Morgan fingerprint density at radius 1 is 0.935 bits per heavy atom. The lowest BCUT2D eigenvalue weighted by Gasteiger charge is -2.32. The number of anilines is 1. The van der Waals surface area contributed by atoms with Crippen molar-refractivity contribution in [3.05, 3.63) is 65.7 Å². The molecule has 2 fully saturated rings. The predicted octanol–water partition coefficient (Wildman–Crippen LogP) is 3.24. The smallest absolute Gasteiger partial charge is 0.321 e. The number of nitrogens with zero attached hydrogens (tertiary/aromatic N) is 2. The summed E-state index contributed by atoms with van der Waals surface area (Å²) in [5, 5.41) is 6.00. The molecular formula is C24H28N4O3. The van der Waals surface area contributed by atoms with Crippen LogP contribution in [0.1, 0.15) is 41.6 Å². The number of rotatable bonds is 5. The van der Waals surface area contributed by atoms with Crippen molar-refractivity contribution in [2.24, 2.45) is 0 Å². The maximum absolute atomic E-state index is 12.6. The van der Waals surface area contributed by atoms with Gasteiger partial charge in [-0.2, -0.15) is 0 Å². The van der Waals surface area contributed by atoms with Crippen LogP contribution in [0.4, 0.5) is 10.5 Å². The Morgan fingerprint density at radius 2 is 1.65 bits per heavy atom. The third-order valence-electron chi connectivity index (χ3n) is 5.90. The van der Waals surface area contributed by atoms with Crippen LogP contribution in [-0.2, 0) is 11.3 Å². The molecule has 2 heterocycles. The van der Waals surface area contributed by atoms with E-state index < -0.39 is 0 Å². The summed E-state index contributed by atoms with van der Waals surface area (Å²) in [6.45, 7) is 2.63. The van der Waals surface area contributed by atoms with Gasteiger partial charge in [-0.25, -0.2) is 4.79 Å². The summed E-state index contributed by atoms with van der Waals surface area (Å²) in [6.07, 6.45) is 3.03. The van der Waals surface area contributed by atoms with Gasteiger partial charge in [0, 0.05) is 49.9 Å². The van der Waals surface area contributed by atoms with E-state index in [9.17, 15) is 14.4 Å². The molecule has 0 bridgehead atoms. The second-order valence-corrected chi connectivity index (χ2v) is 8.15. The Labute approximate surface area is 182 Å². The van der Waals surface area contributed by atoms with E-state index in [-0.39, 0.29) is 23.9 Å². The van der Waals surface area contributed by atoms with E-state index in [1.165, 1.54) is 0 Å². The highest BCUT2D eigenvalue weighted by molar-refractivity contribution is 5.94. The van der Waals surface area contributed by atoms with Crippen molar-refractivity contribution in [2.75, 3.05) is 25.0 Å². The number of carbonyl (C=O) groups is 3. The van der Waals surface area contributed by atoms with Crippen LogP contribution in [0.5, 0.6) is 0 Å². The molecule has 2 aliphatic heterocycles. The van der Waals surface area contributed by atoms with Crippen LogP contribution in [0.25, 0.3) is 0 Å². The van der Waals surface area contributed by atoms with E-state index in [2.05, 4.69) is 10.6 Å². The highest BCUT2D eigenvalue weighted by atomic mass is 16.2. The lowest BCUT2D eigenvalue weighted by atomic mass is 10.0. The van der Waals surface area contributed by atoms with Gasteiger partial charge in [-0.1, -0.05) is 30.3 Å². The fourth-order valence-corrected chi connectivity index (χ4v) is 4.07. The minimum Gasteiger partial charge on any atom is -0.349 e. The van der Waals surface area contributed by atoms with Crippen molar-refractivity contribution < 1.29 is 14.4 Å². The molecule has 31 heavy (non-hydrogen) atoms. The van der Waals surface area contributed by atoms with E-state index in [0.717, 1.165) is 37.1 Å². The van der Waals surface area contributed by atoms with Crippen LogP contribution in [0, 0.1) is 0 Å². The monoisotopic (exact) mass is 420 g/mol. The Bertz CT molecular complexity index is 922. The first-order chi connectivity index (χ1) is 15.1. The summed E-state index contributed by atoms with van der Waals surface area (Å²) in [5.74, 6) is 0.139. The maximum atomic E-state index is 12.6. The standard InChI is InChI=1S/C24H28N4O3/c29-22-7-4-14-28(22)17-18-8-10-20(11-9-18)26-24(31)27-15-12-21(13-16-27)25-23(30)19-5-2-1-3-6-19/h1-3,5-6,8-11,21H,4,7,12-17H2,(H,25,30)(H,26,31).